The van der Waals surface area contributed by atoms with Crippen LogP contribution in [0, 0.1) is 0 Å². The van der Waals surface area contributed by atoms with Crippen LogP contribution in [0.4, 0.5) is 0 Å². The van der Waals surface area contributed by atoms with Gasteiger partial charge >= 0.3 is 4.87 Å². The van der Waals surface area contributed by atoms with Crippen LogP contribution in [-0.2, 0) is 6.54 Å². The molecule has 0 aliphatic rings. The van der Waals surface area contributed by atoms with Crippen molar-refractivity contribution >= 4 is 22.7 Å². The zero-order valence-corrected chi connectivity index (χ0v) is 14.5. The molecule has 2 aromatic heterocycles. The Morgan fingerprint density at radius 3 is 2.48 bits per heavy atom. The van der Waals surface area contributed by atoms with Crippen molar-refractivity contribution in [2.45, 2.75) is 46.1 Å². The number of unbranched alkanes of at least 4 members (excludes halogenated alkanes) is 2. The molecular weight excluding hydrogens is 300 g/mol. The first-order valence-corrected chi connectivity index (χ1v) is 9.42. The predicted molar refractivity (Wildman–Crippen MR) is 93.3 cm³/mol. The molecule has 0 atom stereocenters. The number of thiazole rings is 1. The van der Waals surface area contributed by atoms with Crippen molar-refractivity contribution in [3.05, 3.63) is 32.1 Å². The van der Waals surface area contributed by atoms with Gasteiger partial charge in [0, 0.05) is 11.4 Å². The van der Waals surface area contributed by atoms with E-state index in [0.29, 0.717) is 0 Å². The summed E-state index contributed by atoms with van der Waals surface area (Å²) in [6.07, 6.45) is 4.86. The molecule has 0 aromatic carbocycles. The van der Waals surface area contributed by atoms with Gasteiger partial charge in [-0.25, -0.2) is 0 Å². The van der Waals surface area contributed by atoms with Crippen molar-refractivity contribution in [1.82, 2.24) is 9.88 Å². The van der Waals surface area contributed by atoms with Gasteiger partial charge in [0.2, 0.25) is 0 Å². The summed E-state index contributed by atoms with van der Waals surface area (Å²) in [7, 11) is 0. The highest BCUT2D eigenvalue weighted by Gasteiger charge is 2.14. The van der Waals surface area contributed by atoms with Crippen molar-refractivity contribution < 1.29 is 0 Å². The number of aromatic nitrogens is 1. The van der Waals surface area contributed by atoms with Crippen molar-refractivity contribution in [3.63, 3.8) is 0 Å². The zero-order valence-electron chi connectivity index (χ0n) is 12.9. The predicted octanol–water partition coefficient (Wildman–Crippen LogP) is 4.57. The van der Waals surface area contributed by atoms with Crippen LogP contribution in [0.25, 0.3) is 10.6 Å². The molecule has 2 heterocycles. The van der Waals surface area contributed by atoms with Crippen LogP contribution in [0.5, 0.6) is 0 Å². The molecule has 0 amide bonds. The van der Waals surface area contributed by atoms with Gasteiger partial charge in [0.05, 0.1) is 10.6 Å². The van der Waals surface area contributed by atoms with Crippen LogP contribution in [-0.4, -0.2) is 23.0 Å². The van der Waals surface area contributed by atoms with Crippen LogP contribution >= 0.6 is 22.7 Å². The van der Waals surface area contributed by atoms with Gasteiger partial charge < -0.3 is 4.98 Å². The lowest BCUT2D eigenvalue weighted by molar-refractivity contribution is 0.259. The summed E-state index contributed by atoms with van der Waals surface area (Å²) in [6, 6.07) is 4.11. The van der Waals surface area contributed by atoms with Gasteiger partial charge in [0.1, 0.15) is 0 Å². The van der Waals surface area contributed by atoms with E-state index in [1.807, 2.05) is 6.07 Å². The number of rotatable bonds is 9. The normalized spacial score (nSPS) is 11.4. The standard InChI is InChI=1S/C16H24N2OS2/c1-3-5-9-18(10-6-4-2)12-14-15(17-16(19)21-14)13-8-7-11-20-13/h7-8,11H,3-6,9-10,12H2,1-2H3,(H,17,19). The first kappa shape index (κ1) is 16.5. The van der Waals surface area contributed by atoms with Crippen molar-refractivity contribution in [2.75, 3.05) is 13.1 Å². The average molecular weight is 325 g/mol. The second-order valence-electron chi connectivity index (χ2n) is 5.27. The molecule has 0 radical (unpaired) electrons. The molecule has 1 N–H and O–H groups in total. The molecule has 2 rings (SSSR count). The number of nitrogens with zero attached hydrogens (tertiary/aromatic N) is 1. The number of H-pyrrole nitrogens is 1. The van der Waals surface area contributed by atoms with Crippen LogP contribution < -0.4 is 4.87 Å². The second kappa shape index (κ2) is 8.51. The molecule has 0 aliphatic heterocycles. The fourth-order valence-corrected chi connectivity index (χ4v) is 4.03. The van der Waals surface area contributed by atoms with E-state index in [1.54, 1.807) is 11.3 Å². The molecule has 5 heteroatoms. The maximum atomic E-state index is 11.8. The molecular formula is C16H24N2OS2. The van der Waals surface area contributed by atoms with Crippen LogP contribution in [0.15, 0.2) is 22.3 Å². The third-order valence-electron chi connectivity index (χ3n) is 3.51. The van der Waals surface area contributed by atoms with E-state index in [-0.39, 0.29) is 4.87 Å². The van der Waals surface area contributed by atoms with E-state index in [9.17, 15) is 4.79 Å². The summed E-state index contributed by atoms with van der Waals surface area (Å²) in [4.78, 5) is 19.7. The van der Waals surface area contributed by atoms with Gasteiger partial charge in [-0.1, -0.05) is 44.1 Å². The Morgan fingerprint density at radius 2 is 1.90 bits per heavy atom. The highest BCUT2D eigenvalue weighted by molar-refractivity contribution is 7.14. The molecule has 0 spiro atoms. The Balaban J connectivity index is 2.14. The minimum Gasteiger partial charge on any atom is -0.311 e. The van der Waals surface area contributed by atoms with Gasteiger partial charge in [-0.15, -0.1) is 11.3 Å². The van der Waals surface area contributed by atoms with Crippen LogP contribution in [0.2, 0.25) is 0 Å². The fourth-order valence-electron chi connectivity index (χ4n) is 2.33. The number of hydrogen-bond donors (Lipinski definition) is 1. The van der Waals surface area contributed by atoms with Crippen LogP contribution in [0.3, 0.4) is 0 Å². The summed E-state index contributed by atoms with van der Waals surface area (Å²) in [5.41, 5.74) is 1.03. The average Bonchev–Trinajstić information content (AvgIpc) is 3.11. The summed E-state index contributed by atoms with van der Waals surface area (Å²) in [5.74, 6) is 0. The third kappa shape index (κ3) is 4.80. The maximum Gasteiger partial charge on any atom is 0.305 e. The minimum absolute atomic E-state index is 0.0549. The van der Waals surface area contributed by atoms with E-state index in [0.717, 1.165) is 30.2 Å². The van der Waals surface area contributed by atoms with Crippen molar-refractivity contribution in [2.24, 2.45) is 0 Å². The fraction of sp³-hybridized carbons (Fsp3) is 0.562. The lowest BCUT2D eigenvalue weighted by Crippen LogP contribution is -2.25. The topological polar surface area (TPSA) is 36.1 Å². The Kier molecular flexibility index (Phi) is 6.67. The summed E-state index contributed by atoms with van der Waals surface area (Å²) >= 11 is 3.05. The maximum absolute atomic E-state index is 11.8. The first-order valence-electron chi connectivity index (χ1n) is 7.72. The van der Waals surface area contributed by atoms with E-state index < -0.39 is 0 Å². The molecule has 0 bridgehead atoms. The summed E-state index contributed by atoms with van der Waals surface area (Å²) < 4.78 is 0. The molecule has 0 aliphatic carbocycles. The summed E-state index contributed by atoms with van der Waals surface area (Å²) in [6.45, 7) is 7.57. The zero-order chi connectivity index (χ0) is 15.1. The SMILES string of the molecule is CCCCN(CCCC)Cc1sc(=O)[nH]c1-c1cccs1. The highest BCUT2D eigenvalue weighted by atomic mass is 32.1. The first-order chi connectivity index (χ1) is 10.2. The number of nitrogens with one attached hydrogen (secondary N) is 1. The smallest absolute Gasteiger partial charge is 0.305 e. The van der Waals surface area contributed by atoms with E-state index in [4.69, 9.17) is 0 Å². The van der Waals surface area contributed by atoms with Crippen molar-refractivity contribution in [1.29, 1.82) is 0 Å². The molecule has 116 valence electrons. The molecule has 0 saturated carbocycles. The van der Waals surface area contributed by atoms with E-state index >= 15 is 0 Å². The monoisotopic (exact) mass is 324 g/mol. The number of aromatic amines is 1. The quantitative estimate of drug-likeness (QED) is 0.733. The largest absolute Gasteiger partial charge is 0.311 e. The lowest BCUT2D eigenvalue weighted by Gasteiger charge is -2.21. The molecule has 0 unspecified atom stereocenters. The highest BCUT2D eigenvalue weighted by Crippen LogP contribution is 2.28. The molecule has 3 nitrogen and oxygen atoms in total. The minimum atomic E-state index is 0.0549. The number of thiophene rings is 1. The summed E-state index contributed by atoms with van der Waals surface area (Å²) in [5, 5.41) is 2.06. The van der Waals surface area contributed by atoms with E-state index in [1.165, 1.54) is 41.9 Å². The van der Waals surface area contributed by atoms with Crippen LogP contribution in [0.1, 0.15) is 44.4 Å². The number of hydrogen-bond acceptors (Lipinski definition) is 4. The Bertz CT molecular complexity index is 563. The third-order valence-corrected chi connectivity index (χ3v) is 5.27. The van der Waals surface area contributed by atoms with Gasteiger partial charge in [0.25, 0.3) is 0 Å². The van der Waals surface area contributed by atoms with Gasteiger partial charge in [-0.3, -0.25) is 9.69 Å². The molecule has 0 fully saturated rings. The molecule has 2 aromatic rings. The lowest BCUT2D eigenvalue weighted by atomic mass is 10.2. The van der Waals surface area contributed by atoms with E-state index in [2.05, 4.69) is 35.2 Å². The Hall–Kier alpha value is -0.910. The van der Waals surface area contributed by atoms with Crippen molar-refractivity contribution in [3.8, 4) is 10.6 Å². The Labute approximate surface area is 134 Å². The second-order valence-corrected chi connectivity index (χ2v) is 7.29. The van der Waals surface area contributed by atoms with Gasteiger partial charge in [-0.2, -0.15) is 0 Å². The Morgan fingerprint density at radius 1 is 1.19 bits per heavy atom. The van der Waals surface area contributed by atoms with Gasteiger partial charge in [0.15, 0.2) is 0 Å². The molecule has 0 saturated heterocycles. The van der Waals surface area contributed by atoms with Gasteiger partial charge in [-0.05, 0) is 37.4 Å². The molecule has 21 heavy (non-hydrogen) atoms.